The van der Waals surface area contributed by atoms with Crippen molar-refractivity contribution in [2.45, 2.75) is 19.8 Å². The maximum absolute atomic E-state index is 13.9. The molecular formula is C17H17Br2F. The Bertz CT molecular complexity index is 581. The minimum atomic E-state index is -0.130. The summed E-state index contributed by atoms with van der Waals surface area (Å²) in [5.41, 5.74) is 3.43. The first-order valence-electron chi connectivity index (χ1n) is 6.64. The van der Waals surface area contributed by atoms with E-state index in [9.17, 15) is 4.39 Å². The molecule has 1 atom stereocenters. The van der Waals surface area contributed by atoms with E-state index in [1.54, 1.807) is 0 Å². The van der Waals surface area contributed by atoms with Gasteiger partial charge in [0.25, 0.3) is 0 Å². The van der Waals surface area contributed by atoms with Crippen molar-refractivity contribution in [3.63, 3.8) is 0 Å². The molecule has 2 aromatic rings. The molecule has 3 heteroatoms. The molecule has 0 aromatic heterocycles. The molecule has 0 aliphatic rings. The topological polar surface area (TPSA) is 0 Å². The number of benzene rings is 2. The molecule has 2 aromatic carbocycles. The van der Waals surface area contributed by atoms with Gasteiger partial charge in [-0.3, -0.25) is 0 Å². The van der Waals surface area contributed by atoms with Crippen molar-refractivity contribution in [2.75, 3.05) is 5.33 Å². The molecule has 0 N–H and O–H groups in total. The van der Waals surface area contributed by atoms with E-state index in [1.165, 1.54) is 17.2 Å². The Balaban J connectivity index is 2.11. The van der Waals surface area contributed by atoms with Crippen molar-refractivity contribution in [2.24, 2.45) is 5.92 Å². The van der Waals surface area contributed by atoms with Gasteiger partial charge in [0, 0.05) is 9.80 Å². The summed E-state index contributed by atoms with van der Waals surface area (Å²) in [4.78, 5) is 0. The highest BCUT2D eigenvalue weighted by Gasteiger charge is 2.13. The van der Waals surface area contributed by atoms with Crippen LogP contribution < -0.4 is 0 Å². The molecule has 0 nitrogen and oxygen atoms in total. The normalized spacial score (nSPS) is 12.4. The largest absolute Gasteiger partial charge is 0.207 e. The summed E-state index contributed by atoms with van der Waals surface area (Å²) in [6, 6.07) is 13.7. The monoisotopic (exact) mass is 398 g/mol. The molecule has 1 unspecified atom stereocenters. The first-order chi connectivity index (χ1) is 9.60. The van der Waals surface area contributed by atoms with Crippen molar-refractivity contribution < 1.29 is 4.39 Å². The Labute approximate surface area is 136 Å². The van der Waals surface area contributed by atoms with E-state index in [2.05, 4.69) is 63.0 Å². The Kier molecular flexibility index (Phi) is 5.79. The van der Waals surface area contributed by atoms with Crippen molar-refractivity contribution in [3.05, 3.63) is 69.4 Å². The number of alkyl halides is 1. The van der Waals surface area contributed by atoms with Gasteiger partial charge in [-0.25, -0.2) is 4.39 Å². The average Bonchev–Trinajstić information content (AvgIpc) is 2.43. The molecule has 2 rings (SSSR count). The molecule has 0 saturated heterocycles. The van der Waals surface area contributed by atoms with Gasteiger partial charge >= 0.3 is 0 Å². The quantitative estimate of drug-likeness (QED) is 0.566. The van der Waals surface area contributed by atoms with E-state index in [0.717, 1.165) is 28.2 Å². The SMILES string of the molecule is Cc1ccccc1CC(CBr)Cc1ccc(Br)cc1F. The van der Waals surface area contributed by atoms with Crippen molar-refractivity contribution in [1.82, 2.24) is 0 Å². The zero-order valence-electron chi connectivity index (χ0n) is 11.4. The second kappa shape index (κ2) is 7.37. The molecule has 0 fully saturated rings. The summed E-state index contributed by atoms with van der Waals surface area (Å²) < 4.78 is 14.7. The summed E-state index contributed by atoms with van der Waals surface area (Å²) in [5, 5.41) is 0.872. The third-order valence-corrected chi connectivity index (χ3v) is 4.92. The number of rotatable bonds is 5. The number of aryl methyl sites for hydroxylation is 1. The van der Waals surface area contributed by atoms with Crippen LogP contribution in [0.15, 0.2) is 46.9 Å². The molecule has 0 aliphatic heterocycles. The highest BCUT2D eigenvalue weighted by molar-refractivity contribution is 9.10. The van der Waals surface area contributed by atoms with E-state index < -0.39 is 0 Å². The molecule has 20 heavy (non-hydrogen) atoms. The van der Waals surface area contributed by atoms with Gasteiger partial charge < -0.3 is 0 Å². The van der Waals surface area contributed by atoms with Gasteiger partial charge in [0.05, 0.1) is 0 Å². The maximum atomic E-state index is 13.9. The maximum Gasteiger partial charge on any atom is 0.127 e. The Morgan fingerprint density at radius 2 is 1.75 bits per heavy atom. The number of halogens is 3. The van der Waals surface area contributed by atoms with Crippen LogP contribution >= 0.6 is 31.9 Å². The zero-order chi connectivity index (χ0) is 14.5. The van der Waals surface area contributed by atoms with E-state index in [1.807, 2.05) is 12.1 Å². The zero-order valence-corrected chi connectivity index (χ0v) is 14.5. The predicted molar refractivity (Wildman–Crippen MR) is 90.0 cm³/mol. The molecular weight excluding hydrogens is 383 g/mol. The summed E-state index contributed by atoms with van der Waals surface area (Å²) in [5.74, 6) is 0.266. The predicted octanol–water partition coefficient (Wildman–Crippen LogP) is 5.69. The fourth-order valence-corrected chi connectivity index (χ4v) is 3.12. The minimum Gasteiger partial charge on any atom is -0.207 e. The fourth-order valence-electron chi connectivity index (χ4n) is 2.33. The van der Waals surface area contributed by atoms with Gasteiger partial charge in [0.2, 0.25) is 0 Å². The van der Waals surface area contributed by atoms with Crippen LogP contribution in [-0.2, 0) is 12.8 Å². The molecule has 0 spiro atoms. The first kappa shape index (κ1) is 15.7. The van der Waals surface area contributed by atoms with Crippen molar-refractivity contribution >= 4 is 31.9 Å². The second-order valence-electron chi connectivity index (χ2n) is 5.09. The highest BCUT2D eigenvalue weighted by atomic mass is 79.9. The van der Waals surface area contributed by atoms with Crippen LogP contribution in [0.25, 0.3) is 0 Å². The van der Waals surface area contributed by atoms with Crippen LogP contribution in [0.4, 0.5) is 4.39 Å². The lowest BCUT2D eigenvalue weighted by atomic mass is 9.92. The van der Waals surface area contributed by atoms with E-state index in [-0.39, 0.29) is 5.82 Å². The molecule has 0 aliphatic carbocycles. The molecule has 0 amide bonds. The van der Waals surface area contributed by atoms with Crippen LogP contribution in [0.1, 0.15) is 16.7 Å². The summed E-state index contributed by atoms with van der Waals surface area (Å²) in [6.45, 7) is 2.13. The lowest BCUT2D eigenvalue weighted by molar-refractivity contribution is 0.549. The van der Waals surface area contributed by atoms with Gasteiger partial charge in [-0.05, 0) is 54.5 Å². The van der Waals surface area contributed by atoms with Crippen LogP contribution in [0.5, 0.6) is 0 Å². The lowest BCUT2D eigenvalue weighted by Gasteiger charge is -2.16. The van der Waals surface area contributed by atoms with E-state index in [0.29, 0.717) is 5.92 Å². The van der Waals surface area contributed by atoms with Gasteiger partial charge in [0.15, 0.2) is 0 Å². The third-order valence-electron chi connectivity index (χ3n) is 3.51. The molecule has 0 radical (unpaired) electrons. The molecule has 106 valence electrons. The van der Waals surface area contributed by atoms with Crippen molar-refractivity contribution in [1.29, 1.82) is 0 Å². The fraction of sp³-hybridized carbons (Fsp3) is 0.294. The van der Waals surface area contributed by atoms with Crippen LogP contribution in [-0.4, -0.2) is 5.33 Å². The summed E-state index contributed by atoms with van der Waals surface area (Å²) in [6.07, 6.45) is 1.71. The first-order valence-corrected chi connectivity index (χ1v) is 8.56. The van der Waals surface area contributed by atoms with Gasteiger partial charge in [0.1, 0.15) is 5.82 Å². The van der Waals surface area contributed by atoms with Crippen LogP contribution in [0.3, 0.4) is 0 Å². The van der Waals surface area contributed by atoms with E-state index >= 15 is 0 Å². The highest BCUT2D eigenvalue weighted by Crippen LogP contribution is 2.22. The Morgan fingerprint density at radius 1 is 1.05 bits per heavy atom. The summed E-state index contributed by atoms with van der Waals surface area (Å²) >= 11 is 6.86. The van der Waals surface area contributed by atoms with Gasteiger partial charge in [-0.2, -0.15) is 0 Å². The standard InChI is InChI=1S/C17H17Br2F/c1-12-4-2-3-5-14(12)8-13(11-18)9-15-6-7-16(19)10-17(15)20/h2-7,10,13H,8-9,11H2,1H3. The smallest absolute Gasteiger partial charge is 0.127 e. The second-order valence-corrected chi connectivity index (χ2v) is 6.65. The molecule has 0 saturated carbocycles. The Morgan fingerprint density at radius 3 is 2.40 bits per heavy atom. The number of hydrogen-bond acceptors (Lipinski definition) is 0. The van der Waals surface area contributed by atoms with Crippen LogP contribution in [0, 0.1) is 18.7 Å². The lowest BCUT2D eigenvalue weighted by Crippen LogP contribution is -2.11. The van der Waals surface area contributed by atoms with Gasteiger partial charge in [-0.1, -0.05) is 62.2 Å². The third kappa shape index (κ3) is 4.16. The molecule has 0 heterocycles. The summed E-state index contributed by atoms with van der Waals surface area (Å²) in [7, 11) is 0. The van der Waals surface area contributed by atoms with E-state index in [4.69, 9.17) is 0 Å². The Hall–Kier alpha value is -0.670. The average molecular weight is 400 g/mol. The molecule has 0 bridgehead atoms. The van der Waals surface area contributed by atoms with Gasteiger partial charge in [-0.15, -0.1) is 0 Å². The number of hydrogen-bond donors (Lipinski definition) is 0. The van der Waals surface area contributed by atoms with Crippen LogP contribution in [0.2, 0.25) is 0 Å². The minimum absolute atomic E-state index is 0.130. The van der Waals surface area contributed by atoms with Crippen molar-refractivity contribution in [3.8, 4) is 0 Å².